The number of morpholine rings is 1. The number of fused-ring (bicyclic) bond motifs is 1. The van der Waals surface area contributed by atoms with E-state index in [-0.39, 0.29) is 23.7 Å². The van der Waals surface area contributed by atoms with Gasteiger partial charge in [-0.15, -0.1) is 0 Å². The van der Waals surface area contributed by atoms with Gasteiger partial charge in [0.25, 0.3) is 11.5 Å². The second kappa shape index (κ2) is 10.8. The van der Waals surface area contributed by atoms with Crippen molar-refractivity contribution in [1.29, 1.82) is 0 Å². The van der Waals surface area contributed by atoms with Crippen LogP contribution < -0.4 is 10.5 Å². The van der Waals surface area contributed by atoms with Gasteiger partial charge >= 0.3 is 0 Å². The van der Waals surface area contributed by atoms with E-state index in [2.05, 4.69) is 17.0 Å². The maximum Gasteiger partial charge on any atom is 0.267 e. The Morgan fingerprint density at radius 1 is 1.11 bits per heavy atom. The smallest absolute Gasteiger partial charge is 0.267 e. The predicted molar refractivity (Wildman–Crippen MR) is 153 cm³/mol. The minimum Gasteiger partial charge on any atom is -0.372 e. The molecule has 0 spiro atoms. The van der Waals surface area contributed by atoms with Crippen molar-refractivity contribution in [3.05, 3.63) is 80.6 Å². The Balaban J connectivity index is 1.48. The summed E-state index contributed by atoms with van der Waals surface area (Å²) < 4.78 is 7.99. The van der Waals surface area contributed by atoms with E-state index in [0.29, 0.717) is 45.9 Å². The number of nitrogens with zero attached hydrogens (tertiary/aromatic N) is 4. The number of thiocarbonyl (C=S) groups is 1. The number of aromatic nitrogens is 2. The lowest BCUT2D eigenvalue weighted by atomic mass is 10.1. The van der Waals surface area contributed by atoms with E-state index in [4.69, 9.17) is 21.9 Å². The van der Waals surface area contributed by atoms with Crippen molar-refractivity contribution in [2.45, 2.75) is 45.8 Å². The molecule has 0 aliphatic carbocycles. The van der Waals surface area contributed by atoms with E-state index in [1.165, 1.54) is 17.3 Å². The number of carbonyl (C=O) groups is 1. The van der Waals surface area contributed by atoms with Gasteiger partial charge in [0, 0.05) is 25.8 Å². The molecule has 2 aromatic heterocycles. The van der Waals surface area contributed by atoms with E-state index >= 15 is 0 Å². The molecule has 7 nitrogen and oxygen atoms in total. The molecule has 2 aliphatic heterocycles. The van der Waals surface area contributed by atoms with Gasteiger partial charge < -0.3 is 9.64 Å². The Hall–Kier alpha value is -3.01. The van der Waals surface area contributed by atoms with E-state index < -0.39 is 0 Å². The Labute approximate surface area is 226 Å². The van der Waals surface area contributed by atoms with Gasteiger partial charge in [0.05, 0.1) is 22.7 Å². The molecule has 0 bridgehead atoms. The van der Waals surface area contributed by atoms with Gasteiger partial charge in [0.15, 0.2) is 0 Å². The number of hydrogen-bond acceptors (Lipinski definition) is 7. The molecule has 9 heteroatoms. The molecule has 4 heterocycles. The normalized spacial score (nSPS) is 21.4. The van der Waals surface area contributed by atoms with Crippen molar-refractivity contribution in [2.24, 2.45) is 0 Å². The lowest BCUT2D eigenvalue weighted by Gasteiger charge is -2.36. The summed E-state index contributed by atoms with van der Waals surface area (Å²) >= 11 is 6.80. The van der Waals surface area contributed by atoms with Crippen molar-refractivity contribution >= 4 is 51.7 Å². The van der Waals surface area contributed by atoms with Crippen LogP contribution in [0.1, 0.15) is 37.0 Å². The van der Waals surface area contributed by atoms with Crippen molar-refractivity contribution in [1.82, 2.24) is 14.3 Å². The number of amides is 1. The number of ether oxygens (including phenoxy) is 1. The zero-order chi connectivity index (χ0) is 26.1. The molecule has 5 rings (SSSR count). The average molecular weight is 535 g/mol. The number of thioether (sulfide) groups is 1. The first-order chi connectivity index (χ1) is 17.8. The second-order valence-corrected chi connectivity index (χ2v) is 11.3. The maximum atomic E-state index is 13.7. The Kier molecular flexibility index (Phi) is 7.46. The second-order valence-electron chi connectivity index (χ2n) is 9.62. The molecule has 0 radical (unpaired) electrons. The van der Waals surface area contributed by atoms with Gasteiger partial charge in [-0.05, 0) is 56.9 Å². The highest BCUT2D eigenvalue weighted by Crippen LogP contribution is 2.34. The largest absolute Gasteiger partial charge is 0.372 e. The third-order valence-corrected chi connectivity index (χ3v) is 8.00. The van der Waals surface area contributed by atoms with E-state index in [1.54, 1.807) is 21.6 Å². The standard InChI is InChI=1S/C28H30N4O3S2/c1-18-9-7-13-31-24(18)29-25(30-16-19(2)35-20(3)17-30)22(26(31)33)15-23-27(34)32(28(36)37-23)14-8-12-21-10-5-4-6-11-21/h4-7,9-11,13,15,19-20H,8,12,14,16-17H2,1-3H3/b23-15-/t19-,20-/m0/s1. The minimum atomic E-state index is -0.204. The maximum absolute atomic E-state index is 13.7. The number of hydrogen-bond donors (Lipinski definition) is 0. The van der Waals surface area contributed by atoms with Gasteiger partial charge in [-0.1, -0.05) is 60.4 Å². The minimum absolute atomic E-state index is 0.00320. The fourth-order valence-electron chi connectivity index (χ4n) is 4.93. The number of aryl methyl sites for hydroxylation is 2. The lowest BCUT2D eigenvalue weighted by Crippen LogP contribution is -2.46. The van der Waals surface area contributed by atoms with Crippen LogP contribution in [0.5, 0.6) is 0 Å². The summed E-state index contributed by atoms with van der Waals surface area (Å²) in [5.74, 6) is 0.419. The van der Waals surface area contributed by atoms with Crippen LogP contribution in [0.3, 0.4) is 0 Å². The van der Waals surface area contributed by atoms with E-state index in [1.807, 2.05) is 51.1 Å². The van der Waals surface area contributed by atoms with Gasteiger partial charge in [0.2, 0.25) is 0 Å². The molecular formula is C28H30N4O3S2. The molecule has 0 saturated carbocycles. The van der Waals surface area contributed by atoms with Gasteiger partial charge in [-0.25, -0.2) is 4.98 Å². The van der Waals surface area contributed by atoms with Crippen molar-refractivity contribution in [3.8, 4) is 0 Å². The molecule has 2 saturated heterocycles. The first kappa shape index (κ1) is 25.6. The van der Waals surface area contributed by atoms with Gasteiger partial charge in [0.1, 0.15) is 15.8 Å². The molecule has 37 heavy (non-hydrogen) atoms. The third kappa shape index (κ3) is 5.35. The van der Waals surface area contributed by atoms with Crippen molar-refractivity contribution in [2.75, 3.05) is 24.5 Å². The molecule has 3 aromatic rings. The fourth-order valence-corrected chi connectivity index (χ4v) is 6.22. The summed E-state index contributed by atoms with van der Waals surface area (Å²) in [6.45, 7) is 7.73. The summed E-state index contributed by atoms with van der Waals surface area (Å²) in [5, 5.41) is 0. The van der Waals surface area contributed by atoms with Crippen LogP contribution in [0, 0.1) is 6.92 Å². The van der Waals surface area contributed by atoms with Gasteiger partial charge in [-0.3, -0.25) is 18.9 Å². The third-order valence-electron chi connectivity index (χ3n) is 6.62. The summed E-state index contributed by atoms with van der Waals surface area (Å²) in [6, 6.07) is 14.0. The first-order valence-corrected chi connectivity index (χ1v) is 13.8. The molecular weight excluding hydrogens is 504 g/mol. The fraction of sp³-hybridized carbons (Fsp3) is 0.357. The van der Waals surface area contributed by atoms with Crippen LogP contribution in [-0.2, 0) is 16.0 Å². The van der Waals surface area contributed by atoms with Crippen LogP contribution in [0.15, 0.2) is 58.4 Å². The Morgan fingerprint density at radius 2 is 1.84 bits per heavy atom. The van der Waals surface area contributed by atoms with E-state index in [9.17, 15) is 9.59 Å². The first-order valence-electron chi connectivity index (χ1n) is 12.5. The molecule has 1 aromatic carbocycles. The van der Waals surface area contributed by atoms with Crippen LogP contribution >= 0.6 is 24.0 Å². The van der Waals surface area contributed by atoms with Crippen LogP contribution in [0.25, 0.3) is 11.7 Å². The van der Waals surface area contributed by atoms with Crippen molar-refractivity contribution < 1.29 is 9.53 Å². The summed E-state index contributed by atoms with van der Waals surface area (Å²) in [4.78, 5) is 36.2. The number of anilines is 1. The molecule has 0 unspecified atom stereocenters. The molecule has 192 valence electrons. The zero-order valence-electron chi connectivity index (χ0n) is 21.2. The number of pyridine rings is 1. The average Bonchev–Trinajstić information content (AvgIpc) is 3.13. The van der Waals surface area contributed by atoms with Crippen LogP contribution in [0.4, 0.5) is 5.82 Å². The molecule has 1 amide bonds. The highest BCUT2D eigenvalue weighted by Gasteiger charge is 2.33. The number of rotatable bonds is 6. The highest BCUT2D eigenvalue weighted by molar-refractivity contribution is 8.26. The molecule has 2 aliphatic rings. The van der Waals surface area contributed by atoms with E-state index in [0.717, 1.165) is 18.4 Å². The Bertz CT molecular complexity index is 1430. The predicted octanol–water partition coefficient (Wildman–Crippen LogP) is 4.45. The SMILES string of the molecule is Cc1cccn2c(=O)c(/C=C3\SC(=S)N(CCCc4ccccc4)C3=O)c(N3C[C@H](C)O[C@@H](C)C3)nc12. The topological polar surface area (TPSA) is 67.2 Å². The quantitative estimate of drug-likeness (QED) is 0.342. The van der Waals surface area contributed by atoms with Crippen molar-refractivity contribution in [3.63, 3.8) is 0 Å². The van der Waals surface area contributed by atoms with Crippen LogP contribution in [0.2, 0.25) is 0 Å². The highest BCUT2D eigenvalue weighted by atomic mass is 32.2. The lowest BCUT2D eigenvalue weighted by molar-refractivity contribution is -0.122. The zero-order valence-corrected chi connectivity index (χ0v) is 22.8. The molecule has 2 fully saturated rings. The number of carbonyl (C=O) groups excluding carboxylic acids is 1. The summed E-state index contributed by atoms with van der Waals surface area (Å²) in [5.41, 5.74) is 2.94. The van der Waals surface area contributed by atoms with Gasteiger partial charge in [-0.2, -0.15) is 0 Å². The summed E-state index contributed by atoms with van der Waals surface area (Å²) in [6.07, 6.45) is 5.06. The molecule has 2 atom stereocenters. The Morgan fingerprint density at radius 3 is 2.57 bits per heavy atom. The molecule has 0 N–H and O–H groups in total. The number of benzene rings is 1. The monoisotopic (exact) mass is 534 g/mol. The van der Waals surface area contributed by atoms with Crippen LogP contribution in [-0.4, -0.2) is 56.4 Å². The summed E-state index contributed by atoms with van der Waals surface area (Å²) in [7, 11) is 0.